The topological polar surface area (TPSA) is 107 Å². The molecule has 0 bridgehead atoms. The number of aromatic hydroxyl groups is 1. The van der Waals surface area contributed by atoms with Crippen molar-refractivity contribution in [3.8, 4) is 17.0 Å². The maximum absolute atomic E-state index is 12.8. The van der Waals surface area contributed by atoms with Crippen molar-refractivity contribution in [2.75, 3.05) is 12.4 Å². The molecule has 1 aliphatic rings. The van der Waals surface area contributed by atoms with Crippen molar-refractivity contribution in [2.45, 2.75) is 32.6 Å². The van der Waals surface area contributed by atoms with E-state index < -0.39 is 0 Å². The van der Waals surface area contributed by atoms with E-state index in [4.69, 9.17) is 0 Å². The van der Waals surface area contributed by atoms with Gasteiger partial charge in [0.15, 0.2) is 0 Å². The number of hydrogen-bond donors (Lipinski definition) is 4. The van der Waals surface area contributed by atoms with Gasteiger partial charge in [0.05, 0.1) is 11.3 Å². The lowest BCUT2D eigenvalue weighted by Crippen LogP contribution is -2.22. The van der Waals surface area contributed by atoms with E-state index >= 15 is 0 Å². The van der Waals surface area contributed by atoms with Crippen LogP contribution in [0.25, 0.3) is 11.3 Å². The monoisotopic (exact) mass is 410 g/mol. The number of aromatic amines is 1. The molecular weight excluding hydrogens is 388 g/mol. The number of H-pyrrole nitrogens is 1. The molecule has 29 heavy (non-hydrogen) atoms. The summed E-state index contributed by atoms with van der Waals surface area (Å²) in [5, 5.41) is 23.3. The van der Waals surface area contributed by atoms with E-state index in [1.54, 1.807) is 32.2 Å². The molecule has 7 nitrogen and oxygen atoms in total. The fourth-order valence-corrected chi connectivity index (χ4v) is 4.91. The average molecular weight is 410 g/mol. The number of para-hydroxylation sites is 1. The van der Waals surface area contributed by atoms with Crippen LogP contribution in [0.3, 0.4) is 0 Å². The molecule has 4 rings (SSSR count). The number of rotatable bonds is 4. The van der Waals surface area contributed by atoms with Crippen LogP contribution in [0.15, 0.2) is 24.3 Å². The van der Waals surface area contributed by atoms with Gasteiger partial charge in [0, 0.05) is 17.5 Å². The fourth-order valence-electron chi connectivity index (χ4n) is 3.63. The van der Waals surface area contributed by atoms with Gasteiger partial charge in [0.1, 0.15) is 16.4 Å². The standard InChI is InChI=1S/C21H22N4O3S/c1-11-6-5-8-12(18(11)26)14-10-15(25-24-14)19(27)23-21-17(20(28)22-2)13-7-3-4-9-16(13)29-21/h5-6,8,10,26H,3-4,7,9H2,1-2H3,(H,22,28)(H,23,27)(H,24,25). The van der Waals surface area contributed by atoms with Gasteiger partial charge in [-0.3, -0.25) is 14.7 Å². The highest BCUT2D eigenvalue weighted by Crippen LogP contribution is 2.38. The Morgan fingerprint density at radius 3 is 2.79 bits per heavy atom. The fraction of sp³-hybridized carbons (Fsp3) is 0.286. The number of nitrogens with zero attached hydrogens (tertiary/aromatic N) is 1. The zero-order valence-electron chi connectivity index (χ0n) is 16.3. The van der Waals surface area contributed by atoms with Crippen LogP contribution < -0.4 is 10.6 Å². The lowest BCUT2D eigenvalue weighted by Gasteiger charge is -2.12. The van der Waals surface area contributed by atoms with E-state index in [9.17, 15) is 14.7 Å². The van der Waals surface area contributed by atoms with Gasteiger partial charge in [-0.25, -0.2) is 0 Å². The average Bonchev–Trinajstić information content (AvgIpc) is 3.34. The van der Waals surface area contributed by atoms with Crippen LogP contribution in [-0.4, -0.2) is 34.2 Å². The van der Waals surface area contributed by atoms with E-state index in [-0.39, 0.29) is 23.3 Å². The zero-order chi connectivity index (χ0) is 20.5. The smallest absolute Gasteiger partial charge is 0.274 e. The molecule has 2 aromatic heterocycles. The molecule has 0 aliphatic heterocycles. The molecule has 0 atom stereocenters. The first-order chi connectivity index (χ1) is 14.0. The molecule has 0 saturated carbocycles. The quantitative estimate of drug-likeness (QED) is 0.527. The molecule has 0 radical (unpaired) electrons. The summed E-state index contributed by atoms with van der Waals surface area (Å²) in [5.41, 5.74) is 3.64. The number of hydrogen-bond acceptors (Lipinski definition) is 5. The van der Waals surface area contributed by atoms with Crippen molar-refractivity contribution in [1.82, 2.24) is 15.5 Å². The summed E-state index contributed by atoms with van der Waals surface area (Å²) in [5.74, 6) is -0.423. The molecule has 3 aromatic rings. The maximum Gasteiger partial charge on any atom is 0.274 e. The first-order valence-corrected chi connectivity index (χ1v) is 10.3. The van der Waals surface area contributed by atoms with Gasteiger partial charge >= 0.3 is 0 Å². The van der Waals surface area contributed by atoms with Gasteiger partial charge < -0.3 is 15.7 Å². The summed E-state index contributed by atoms with van der Waals surface area (Å²) in [6, 6.07) is 6.97. The van der Waals surface area contributed by atoms with Crippen LogP contribution in [0.2, 0.25) is 0 Å². The van der Waals surface area contributed by atoms with Crippen LogP contribution in [0.1, 0.15) is 49.7 Å². The minimum absolute atomic E-state index is 0.138. The minimum Gasteiger partial charge on any atom is -0.507 e. The SMILES string of the molecule is CNC(=O)c1c(NC(=O)c2cc(-c3cccc(C)c3O)n[nH]2)sc2c1CCCC2. The third-order valence-electron chi connectivity index (χ3n) is 5.19. The molecule has 0 spiro atoms. The van der Waals surface area contributed by atoms with Crippen molar-refractivity contribution >= 4 is 28.2 Å². The van der Waals surface area contributed by atoms with E-state index in [2.05, 4.69) is 20.8 Å². The molecule has 0 saturated heterocycles. The Morgan fingerprint density at radius 1 is 1.21 bits per heavy atom. The highest BCUT2D eigenvalue weighted by molar-refractivity contribution is 7.17. The van der Waals surface area contributed by atoms with Crippen molar-refractivity contribution in [2.24, 2.45) is 0 Å². The molecule has 2 heterocycles. The lowest BCUT2D eigenvalue weighted by molar-refractivity contribution is 0.0963. The summed E-state index contributed by atoms with van der Waals surface area (Å²) in [6.45, 7) is 1.80. The normalized spacial score (nSPS) is 13.0. The van der Waals surface area contributed by atoms with E-state index in [0.29, 0.717) is 21.8 Å². The number of aromatic nitrogens is 2. The Kier molecular flexibility index (Phi) is 5.10. The molecule has 150 valence electrons. The summed E-state index contributed by atoms with van der Waals surface area (Å²) in [6.07, 6.45) is 3.93. The summed E-state index contributed by atoms with van der Waals surface area (Å²) in [4.78, 5) is 26.4. The van der Waals surface area contributed by atoms with Gasteiger partial charge in [0.25, 0.3) is 11.8 Å². The van der Waals surface area contributed by atoms with Gasteiger partial charge in [-0.05, 0) is 55.9 Å². The van der Waals surface area contributed by atoms with Crippen LogP contribution in [0.4, 0.5) is 5.00 Å². The summed E-state index contributed by atoms with van der Waals surface area (Å²) >= 11 is 1.47. The third-order valence-corrected chi connectivity index (χ3v) is 6.40. The predicted molar refractivity (Wildman–Crippen MR) is 113 cm³/mol. The lowest BCUT2D eigenvalue weighted by atomic mass is 9.95. The number of fused-ring (bicyclic) bond motifs is 1. The van der Waals surface area contributed by atoms with Crippen LogP contribution >= 0.6 is 11.3 Å². The number of thiophene rings is 1. The number of carbonyl (C=O) groups is 2. The maximum atomic E-state index is 12.8. The van der Waals surface area contributed by atoms with Crippen LogP contribution in [0.5, 0.6) is 5.75 Å². The second-order valence-corrected chi connectivity index (χ2v) is 8.19. The highest BCUT2D eigenvalue weighted by Gasteiger charge is 2.26. The molecule has 1 aliphatic carbocycles. The zero-order valence-corrected chi connectivity index (χ0v) is 17.1. The summed E-state index contributed by atoms with van der Waals surface area (Å²) < 4.78 is 0. The second kappa shape index (κ2) is 7.71. The Bertz CT molecular complexity index is 1100. The Balaban J connectivity index is 1.63. The van der Waals surface area contributed by atoms with Gasteiger partial charge in [-0.1, -0.05) is 12.1 Å². The van der Waals surface area contributed by atoms with Crippen LogP contribution in [-0.2, 0) is 12.8 Å². The van der Waals surface area contributed by atoms with E-state index in [1.807, 2.05) is 6.07 Å². The molecule has 0 unspecified atom stereocenters. The first-order valence-electron chi connectivity index (χ1n) is 9.52. The number of nitrogens with one attached hydrogen (secondary N) is 3. The molecule has 0 fully saturated rings. The largest absolute Gasteiger partial charge is 0.507 e. The van der Waals surface area contributed by atoms with Crippen molar-refractivity contribution < 1.29 is 14.7 Å². The molecule has 8 heteroatoms. The second-order valence-electron chi connectivity index (χ2n) is 7.09. The summed E-state index contributed by atoms with van der Waals surface area (Å²) in [7, 11) is 1.59. The van der Waals surface area contributed by atoms with Crippen LogP contribution in [0, 0.1) is 6.92 Å². The Labute approximate surface area is 172 Å². The highest BCUT2D eigenvalue weighted by atomic mass is 32.1. The third kappa shape index (κ3) is 3.51. The van der Waals surface area contributed by atoms with Crippen molar-refractivity contribution in [1.29, 1.82) is 0 Å². The molecule has 2 amide bonds. The molecule has 1 aromatic carbocycles. The minimum atomic E-state index is -0.375. The van der Waals surface area contributed by atoms with Gasteiger partial charge in [0.2, 0.25) is 0 Å². The Hall–Kier alpha value is -3.13. The number of amides is 2. The van der Waals surface area contributed by atoms with Crippen molar-refractivity contribution in [3.05, 3.63) is 51.5 Å². The molecule has 4 N–H and O–H groups in total. The first kappa shape index (κ1) is 19.2. The number of anilines is 1. The number of phenols is 1. The number of phenolic OH excluding ortho intramolecular Hbond substituents is 1. The van der Waals surface area contributed by atoms with Gasteiger partial charge in [-0.15, -0.1) is 11.3 Å². The molecular formula is C21H22N4O3S. The van der Waals surface area contributed by atoms with E-state index in [0.717, 1.165) is 36.8 Å². The Morgan fingerprint density at radius 2 is 2.00 bits per heavy atom. The van der Waals surface area contributed by atoms with Gasteiger partial charge in [-0.2, -0.15) is 5.10 Å². The predicted octanol–water partition coefficient (Wildman–Crippen LogP) is 3.64. The van der Waals surface area contributed by atoms with Crippen molar-refractivity contribution in [3.63, 3.8) is 0 Å². The number of aryl methyl sites for hydroxylation is 2. The number of benzene rings is 1. The number of carbonyl (C=O) groups excluding carboxylic acids is 2. The van der Waals surface area contributed by atoms with E-state index in [1.165, 1.54) is 16.2 Å².